The Balaban J connectivity index is 1.84. The number of pyridine rings is 1. The topological polar surface area (TPSA) is 34.1 Å². The maximum absolute atomic E-state index is 5.23. The summed E-state index contributed by atoms with van der Waals surface area (Å²) in [5, 5.41) is 3.61. The third-order valence-electron chi connectivity index (χ3n) is 3.81. The van der Waals surface area contributed by atoms with Crippen molar-refractivity contribution in [2.24, 2.45) is 5.92 Å². The first kappa shape index (κ1) is 10.8. The third kappa shape index (κ3) is 2.07. The maximum atomic E-state index is 5.23. The summed E-state index contributed by atoms with van der Waals surface area (Å²) in [7, 11) is 1.69. The van der Waals surface area contributed by atoms with Gasteiger partial charge in [0.1, 0.15) is 5.75 Å². The number of rotatable bonds is 2. The molecule has 90 valence electrons. The first-order valence-corrected chi connectivity index (χ1v) is 6.30. The van der Waals surface area contributed by atoms with E-state index in [0.29, 0.717) is 12.0 Å². The smallest absolute Gasteiger partial charge is 0.137 e. The second kappa shape index (κ2) is 4.49. The number of aromatic nitrogens is 1. The van der Waals surface area contributed by atoms with Gasteiger partial charge in [-0.25, -0.2) is 0 Å². The number of hydrogen-bond donors (Lipinski definition) is 1. The number of methoxy groups -OCH3 is 1. The maximum Gasteiger partial charge on any atom is 0.137 e. The van der Waals surface area contributed by atoms with Crippen molar-refractivity contribution in [3.05, 3.63) is 30.1 Å². The molecule has 1 aromatic heterocycles. The van der Waals surface area contributed by atoms with Crippen molar-refractivity contribution in [2.75, 3.05) is 13.7 Å². The molecule has 0 bridgehead atoms. The zero-order valence-electron chi connectivity index (χ0n) is 10.1. The molecule has 2 atom stereocenters. The van der Waals surface area contributed by atoms with Crippen LogP contribution in [0.3, 0.4) is 0 Å². The van der Waals surface area contributed by atoms with Crippen LogP contribution in [-0.2, 0) is 0 Å². The SMILES string of the molecule is COc1cncc(C2=CC3CCCNC3C2)c1. The lowest BCUT2D eigenvalue weighted by molar-refractivity contribution is 0.348. The van der Waals surface area contributed by atoms with Crippen LogP contribution >= 0.6 is 0 Å². The second-order valence-corrected chi connectivity index (χ2v) is 4.88. The van der Waals surface area contributed by atoms with Gasteiger partial charge in [0.2, 0.25) is 0 Å². The van der Waals surface area contributed by atoms with Crippen molar-refractivity contribution >= 4 is 5.57 Å². The summed E-state index contributed by atoms with van der Waals surface area (Å²) < 4.78 is 5.23. The third-order valence-corrected chi connectivity index (χ3v) is 3.81. The largest absolute Gasteiger partial charge is 0.495 e. The molecule has 1 aromatic rings. The standard InChI is InChI=1S/C14H18N2O/c1-17-13-6-12(8-15-9-13)11-5-10-3-2-4-16-14(10)7-11/h5-6,8-10,14,16H,2-4,7H2,1H3. The van der Waals surface area contributed by atoms with Crippen molar-refractivity contribution in [3.63, 3.8) is 0 Å². The van der Waals surface area contributed by atoms with Crippen LogP contribution in [0.5, 0.6) is 5.75 Å². The fourth-order valence-corrected chi connectivity index (χ4v) is 2.88. The summed E-state index contributed by atoms with van der Waals surface area (Å²) >= 11 is 0. The number of nitrogens with zero attached hydrogens (tertiary/aromatic N) is 1. The molecule has 1 aliphatic heterocycles. The minimum absolute atomic E-state index is 0.643. The lowest BCUT2D eigenvalue weighted by Gasteiger charge is -2.25. The zero-order valence-corrected chi connectivity index (χ0v) is 10.1. The minimum atomic E-state index is 0.643. The van der Waals surface area contributed by atoms with E-state index in [1.807, 2.05) is 6.20 Å². The van der Waals surface area contributed by atoms with Gasteiger partial charge in [0, 0.05) is 12.2 Å². The van der Waals surface area contributed by atoms with E-state index < -0.39 is 0 Å². The first-order chi connectivity index (χ1) is 8.36. The van der Waals surface area contributed by atoms with Gasteiger partial charge in [-0.2, -0.15) is 0 Å². The van der Waals surface area contributed by atoms with Gasteiger partial charge >= 0.3 is 0 Å². The molecule has 1 saturated heterocycles. The van der Waals surface area contributed by atoms with E-state index >= 15 is 0 Å². The van der Waals surface area contributed by atoms with Crippen LogP contribution in [0, 0.1) is 5.92 Å². The van der Waals surface area contributed by atoms with Gasteiger partial charge in [-0.1, -0.05) is 6.08 Å². The van der Waals surface area contributed by atoms with Gasteiger partial charge in [-0.05, 0) is 48.9 Å². The van der Waals surface area contributed by atoms with Gasteiger partial charge < -0.3 is 10.1 Å². The molecule has 0 amide bonds. The van der Waals surface area contributed by atoms with Crippen molar-refractivity contribution < 1.29 is 4.74 Å². The Hall–Kier alpha value is -1.35. The Kier molecular flexibility index (Phi) is 2.85. The number of hydrogen-bond acceptors (Lipinski definition) is 3. The van der Waals surface area contributed by atoms with E-state index in [1.165, 1.54) is 30.5 Å². The fourth-order valence-electron chi connectivity index (χ4n) is 2.88. The lowest BCUT2D eigenvalue weighted by atomic mass is 9.94. The molecule has 2 aliphatic rings. The second-order valence-electron chi connectivity index (χ2n) is 4.88. The highest BCUT2D eigenvalue weighted by molar-refractivity contribution is 5.69. The molecule has 1 N–H and O–H groups in total. The van der Waals surface area contributed by atoms with Gasteiger partial charge in [-0.3, -0.25) is 4.98 Å². The van der Waals surface area contributed by atoms with Crippen LogP contribution in [0.25, 0.3) is 5.57 Å². The van der Waals surface area contributed by atoms with E-state index in [-0.39, 0.29) is 0 Å². The fraction of sp³-hybridized carbons (Fsp3) is 0.500. The number of ether oxygens (including phenoxy) is 1. The van der Waals surface area contributed by atoms with E-state index in [0.717, 1.165) is 12.2 Å². The molecule has 0 radical (unpaired) electrons. The molecule has 0 saturated carbocycles. The monoisotopic (exact) mass is 230 g/mol. The van der Waals surface area contributed by atoms with Crippen LogP contribution in [0.4, 0.5) is 0 Å². The molecule has 3 rings (SSSR count). The molecular weight excluding hydrogens is 212 g/mol. The first-order valence-electron chi connectivity index (χ1n) is 6.30. The Morgan fingerprint density at radius 1 is 1.41 bits per heavy atom. The normalized spacial score (nSPS) is 27.5. The predicted octanol–water partition coefficient (Wildman–Crippen LogP) is 2.25. The predicted molar refractivity (Wildman–Crippen MR) is 67.9 cm³/mol. The molecule has 2 heterocycles. The van der Waals surface area contributed by atoms with Gasteiger partial charge in [-0.15, -0.1) is 0 Å². The summed E-state index contributed by atoms with van der Waals surface area (Å²) in [5.74, 6) is 1.55. The number of fused-ring (bicyclic) bond motifs is 1. The summed E-state index contributed by atoms with van der Waals surface area (Å²) in [4.78, 5) is 4.23. The minimum Gasteiger partial charge on any atom is -0.495 e. The van der Waals surface area contributed by atoms with E-state index in [9.17, 15) is 0 Å². The van der Waals surface area contributed by atoms with Crippen LogP contribution < -0.4 is 10.1 Å². The van der Waals surface area contributed by atoms with Crippen LogP contribution in [0.1, 0.15) is 24.8 Å². The molecule has 17 heavy (non-hydrogen) atoms. The molecule has 1 aliphatic carbocycles. The average molecular weight is 230 g/mol. The highest BCUT2D eigenvalue weighted by Crippen LogP contribution is 2.36. The molecule has 3 heteroatoms. The van der Waals surface area contributed by atoms with E-state index in [4.69, 9.17) is 4.74 Å². The van der Waals surface area contributed by atoms with Gasteiger partial charge in [0.15, 0.2) is 0 Å². The van der Waals surface area contributed by atoms with Crippen LogP contribution in [0.15, 0.2) is 24.5 Å². The van der Waals surface area contributed by atoms with Gasteiger partial charge in [0.25, 0.3) is 0 Å². The van der Waals surface area contributed by atoms with E-state index in [2.05, 4.69) is 22.4 Å². The molecule has 0 aromatic carbocycles. The lowest BCUT2D eigenvalue weighted by Crippen LogP contribution is -2.37. The highest BCUT2D eigenvalue weighted by atomic mass is 16.5. The molecule has 1 fully saturated rings. The van der Waals surface area contributed by atoms with Crippen molar-refractivity contribution in [2.45, 2.75) is 25.3 Å². The number of nitrogens with one attached hydrogen (secondary N) is 1. The summed E-state index contributed by atoms with van der Waals surface area (Å²) in [5.41, 5.74) is 2.63. The van der Waals surface area contributed by atoms with Gasteiger partial charge in [0.05, 0.1) is 13.3 Å². The van der Waals surface area contributed by atoms with Crippen LogP contribution in [-0.4, -0.2) is 24.7 Å². The average Bonchev–Trinajstić information content (AvgIpc) is 2.82. The van der Waals surface area contributed by atoms with E-state index in [1.54, 1.807) is 13.3 Å². The highest BCUT2D eigenvalue weighted by Gasteiger charge is 2.29. The Bertz CT molecular complexity index is 442. The summed E-state index contributed by atoms with van der Waals surface area (Å²) in [6.45, 7) is 1.17. The molecule has 2 unspecified atom stereocenters. The Morgan fingerprint density at radius 2 is 2.35 bits per heavy atom. The Morgan fingerprint density at radius 3 is 3.18 bits per heavy atom. The van der Waals surface area contributed by atoms with Crippen molar-refractivity contribution in [1.82, 2.24) is 10.3 Å². The van der Waals surface area contributed by atoms with Crippen molar-refractivity contribution in [1.29, 1.82) is 0 Å². The quantitative estimate of drug-likeness (QED) is 0.846. The number of piperidine rings is 1. The molecule has 3 nitrogen and oxygen atoms in total. The zero-order chi connectivity index (χ0) is 11.7. The Labute approximate surface area is 102 Å². The summed E-state index contributed by atoms with van der Waals surface area (Å²) in [6, 6.07) is 2.72. The van der Waals surface area contributed by atoms with Crippen LogP contribution in [0.2, 0.25) is 0 Å². The summed E-state index contributed by atoms with van der Waals surface area (Å²) in [6.07, 6.45) is 9.85. The van der Waals surface area contributed by atoms with Crippen molar-refractivity contribution in [3.8, 4) is 5.75 Å². The molecular formula is C14H18N2O. The molecule has 0 spiro atoms.